The summed E-state index contributed by atoms with van der Waals surface area (Å²) in [6.45, 7) is 1.65. The van der Waals surface area contributed by atoms with Crippen molar-refractivity contribution >= 4 is 11.9 Å². The van der Waals surface area contributed by atoms with Crippen LogP contribution in [0.2, 0.25) is 0 Å². The molecule has 0 unspecified atom stereocenters. The van der Waals surface area contributed by atoms with Gasteiger partial charge in [0, 0.05) is 0 Å². The van der Waals surface area contributed by atoms with Crippen LogP contribution in [0.5, 0.6) is 0 Å². The lowest BCUT2D eigenvalue weighted by Gasteiger charge is -1.93. The lowest BCUT2D eigenvalue weighted by atomic mass is 10.6. The van der Waals surface area contributed by atoms with Crippen LogP contribution in [-0.4, -0.2) is 31.2 Å². The van der Waals surface area contributed by atoms with Crippen molar-refractivity contribution in [2.45, 2.75) is 6.92 Å². The summed E-state index contributed by atoms with van der Waals surface area (Å²) in [6.07, 6.45) is 1.23. The van der Waals surface area contributed by atoms with Crippen molar-refractivity contribution in [3.05, 3.63) is 18.0 Å². The zero-order chi connectivity index (χ0) is 9.97. The first-order valence-corrected chi connectivity index (χ1v) is 3.73. The first kappa shape index (κ1) is 8.35. The van der Waals surface area contributed by atoms with Crippen LogP contribution in [0, 0.1) is 6.92 Å². The predicted molar refractivity (Wildman–Crippen MR) is 43.4 cm³/mol. The van der Waals surface area contributed by atoms with Crippen molar-refractivity contribution in [2.24, 2.45) is 0 Å². The summed E-state index contributed by atoms with van der Waals surface area (Å²) in [5.41, 5.74) is 0. The molecule has 0 aliphatic heterocycles. The van der Waals surface area contributed by atoms with E-state index in [1.807, 2.05) is 0 Å². The minimum Gasteiger partial charge on any atom is -0.315 e. The van der Waals surface area contributed by atoms with Crippen molar-refractivity contribution in [3.8, 4) is 0 Å². The molecule has 0 fully saturated rings. The number of rotatable bonds is 2. The standard InChI is InChI=1S/C6H6N6O2/c1-3-9-6(14-12-3)10-5(13)4-7-2-8-11-4/h2H,1H3,(H,7,8,11)(H,9,10,12,13). The molecule has 0 saturated heterocycles. The maximum Gasteiger partial charge on any atom is 0.328 e. The van der Waals surface area contributed by atoms with Gasteiger partial charge in [-0.15, -0.1) is 0 Å². The highest BCUT2D eigenvalue weighted by Crippen LogP contribution is 2.02. The smallest absolute Gasteiger partial charge is 0.315 e. The van der Waals surface area contributed by atoms with Gasteiger partial charge in [-0.3, -0.25) is 15.2 Å². The second kappa shape index (κ2) is 3.24. The number of nitrogens with zero attached hydrogens (tertiary/aromatic N) is 4. The van der Waals surface area contributed by atoms with E-state index in [1.54, 1.807) is 6.92 Å². The Morgan fingerprint density at radius 1 is 1.64 bits per heavy atom. The van der Waals surface area contributed by atoms with Gasteiger partial charge in [0.05, 0.1) is 0 Å². The van der Waals surface area contributed by atoms with Crippen LogP contribution < -0.4 is 5.32 Å². The number of aromatic amines is 1. The minimum absolute atomic E-state index is 0.0314. The predicted octanol–water partition coefficient (Wildman–Crippen LogP) is -0.252. The molecule has 0 aliphatic carbocycles. The molecule has 0 radical (unpaired) electrons. The number of hydrogen-bond acceptors (Lipinski definition) is 6. The SMILES string of the molecule is Cc1noc(NC(=O)c2ncn[nH]2)n1. The maximum atomic E-state index is 11.3. The van der Waals surface area contributed by atoms with Crippen molar-refractivity contribution in [2.75, 3.05) is 5.32 Å². The van der Waals surface area contributed by atoms with Gasteiger partial charge < -0.3 is 4.52 Å². The summed E-state index contributed by atoms with van der Waals surface area (Å²) in [5.74, 6) is 0.0462. The highest BCUT2D eigenvalue weighted by molar-refractivity contribution is 5.99. The molecule has 0 saturated carbocycles. The van der Waals surface area contributed by atoms with Gasteiger partial charge in [-0.25, -0.2) is 4.98 Å². The minimum atomic E-state index is -0.480. The van der Waals surface area contributed by atoms with Crippen LogP contribution in [0.15, 0.2) is 10.9 Å². The Morgan fingerprint density at radius 3 is 3.07 bits per heavy atom. The summed E-state index contributed by atoms with van der Waals surface area (Å²) in [6, 6.07) is 0.0314. The zero-order valence-corrected chi connectivity index (χ0v) is 7.18. The lowest BCUT2D eigenvalue weighted by Crippen LogP contribution is -2.13. The van der Waals surface area contributed by atoms with Gasteiger partial charge in [-0.2, -0.15) is 10.1 Å². The molecule has 8 heteroatoms. The summed E-state index contributed by atoms with van der Waals surface area (Å²) >= 11 is 0. The molecular weight excluding hydrogens is 188 g/mol. The molecule has 8 nitrogen and oxygen atoms in total. The van der Waals surface area contributed by atoms with E-state index >= 15 is 0 Å². The Balaban J connectivity index is 2.09. The molecule has 2 aromatic heterocycles. The normalized spacial score (nSPS) is 10.1. The monoisotopic (exact) mass is 194 g/mol. The molecule has 14 heavy (non-hydrogen) atoms. The van der Waals surface area contributed by atoms with Crippen molar-refractivity contribution in [1.82, 2.24) is 25.3 Å². The van der Waals surface area contributed by atoms with Gasteiger partial charge in [0.1, 0.15) is 6.33 Å². The highest BCUT2D eigenvalue weighted by Gasteiger charge is 2.12. The zero-order valence-electron chi connectivity index (χ0n) is 7.18. The Morgan fingerprint density at radius 2 is 2.50 bits per heavy atom. The van der Waals surface area contributed by atoms with Crippen LogP contribution in [0.1, 0.15) is 16.4 Å². The van der Waals surface area contributed by atoms with E-state index in [2.05, 4.69) is 35.2 Å². The third-order valence-corrected chi connectivity index (χ3v) is 1.38. The fraction of sp³-hybridized carbons (Fsp3) is 0.167. The molecule has 0 aliphatic rings. The molecule has 72 valence electrons. The summed E-state index contributed by atoms with van der Waals surface area (Å²) in [5, 5.41) is 11.8. The van der Waals surface area contributed by atoms with E-state index in [0.29, 0.717) is 5.82 Å². The van der Waals surface area contributed by atoms with Gasteiger partial charge in [0.25, 0.3) is 5.91 Å². The van der Waals surface area contributed by atoms with E-state index in [9.17, 15) is 4.79 Å². The molecule has 1 amide bonds. The number of amides is 1. The van der Waals surface area contributed by atoms with Crippen molar-refractivity contribution in [1.29, 1.82) is 0 Å². The average Bonchev–Trinajstić information content (AvgIpc) is 2.75. The van der Waals surface area contributed by atoms with Crippen molar-refractivity contribution < 1.29 is 9.32 Å². The van der Waals surface area contributed by atoms with Crippen LogP contribution in [0.25, 0.3) is 0 Å². The van der Waals surface area contributed by atoms with Gasteiger partial charge in [0.15, 0.2) is 5.82 Å². The summed E-state index contributed by atoms with van der Waals surface area (Å²) in [7, 11) is 0. The fourth-order valence-electron chi connectivity index (χ4n) is 0.819. The van der Waals surface area contributed by atoms with E-state index in [4.69, 9.17) is 0 Å². The Hall–Kier alpha value is -2.25. The maximum absolute atomic E-state index is 11.3. The highest BCUT2D eigenvalue weighted by atomic mass is 16.5. The third kappa shape index (κ3) is 1.58. The molecule has 2 N–H and O–H groups in total. The van der Waals surface area contributed by atoms with E-state index < -0.39 is 5.91 Å². The lowest BCUT2D eigenvalue weighted by molar-refractivity contribution is 0.101. The molecule has 0 aromatic carbocycles. The fourth-order valence-corrected chi connectivity index (χ4v) is 0.819. The largest absolute Gasteiger partial charge is 0.328 e. The first-order valence-electron chi connectivity index (χ1n) is 3.73. The van der Waals surface area contributed by atoms with Crippen molar-refractivity contribution in [3.63, 3.8) is 0 Å². The number of carbonyl (C=O) groups excluding carboxylic acids is 1. The number of aromatic nitrogens is 5. The first-order chi connectivity index (χ1) is 6.75. The molecule has 0 atom stereocenters. The summed E-state index contributed by atoms with van der Waals surface area (Å²) in [4.78, 5) is 18.8. The molecule has 2 aromatic rings. The van der Waals surface area contributed by atoms with Gasteiger partial charge in [0.2, 0.25) is 5.82 Å². The van der Waals surface area contributed by atoms with E-state index in [0.717, 1.165) is 0 Å². The van der Waals surface area contributed by atoms with E-state index in [1.165, 1.54) is 6.33 Å². The molecule has 2 heterocycles. The molecule has 2 rings (SSSR count). The average molecular weight is 194 g/mol. The van der Waals surface area contributed by atoms with Crippen LogP contribution in [0.3, 0.4) is 0 Å². The third-order valence-electron chi connectivity index (χ3n) is 1.38. The molecule has 0 spiro atoms. The number of nitrogens with one attached hydrogen (secondary N) is 2. The Kier molecular flexibility index (Phi) is 1.94. The molecular formula is C6H6N6O2. The van der Waals surface area contributed by atoms with E-state index in [-0.39, 0.29) is 11.8 Å². The van der Waals surface area contributed by atoms with Gasteiger partial charge >= 0.3 is 6.01 Å². The second-order valence-corrected chi connectivity index (χ2v) is 2.43. The number of aryl methyl sites for hydroxylation is 1. The van der Waals surface area contributed by atoms with Crippen LogP contribution in [0.4, 0.5) is 6.01 Å². The number of carbonyl (C=O) groups is 1. The quantitative estimate of drug-likeness (QED) is 0.682. The topological polar surface area (TPSA) is 110 Å². The summed E-state index contributed by atoms with van der Waals surface area (Å²) < 4.78 is 4.68. The van der Waals surface area contributed by atoms with Crippen LogP contribution in [-0.2, 0) is 0 Å². The Labute approximate surface area is 77.7 Å². The molecule has 0 bridgehead atoms. The number of hydrogen-bond donors (Lipinski definition) is 2. The number of H-pyrrole nitrogens is 1. The Bertz CT molecular complexity index is 433. The van der Waals surface area contributed by atoms with Gasteiger partial charge in [-0.05, 0) is 6.92 Å². The van der Waals surface area contributed by atoms with Crippen LogP contribution >= 0.6 is 0 Å². The number of anilines is 1. The second-order valence-electron chi connectivity index (χ2n) is 2.43. The van der Waals surface area contributed by atoms with Gasteiger partial charge in [-0.1, -0.05) is 5.16 Å².